The lowest BCUT2D eigenvalue weighted by Gasteiger charge is -2.31. The largest absolute Gasteiger partial charge is 0.480 e. The van der Waals surface area contributed by atoms with Gasteiger partial charge in [-0.05, 0) is 25.7 Å². The first kappa shape index (κ1) is 15.8. The van der Waals surface area contributed by atoms with Gasteiger partial charge in [-0.15, -0.1) is 0 Å². The highest BCUT2D eigenvalue weighted by atomic mass is 16.5. The highest BCUT2D eigenvalue weighted by molar-refractivity contribution is 5.80. The number of carbonyl (C=O) groups is 2. The Balaban J connectivity index is 2.52. The minimum Gasteiger partial charge on any atom is -0.480 e. The number of urea groups is 1. The van der Waals surface area contributed by atoms with Crippen molar-refractivity contribution in [2.24, 2.45) is 5.92 Å². The van der Waals surface area contributed by atoms with Crippen molar-refractivity contribution in [3.05, 3.63) is 0 Å². The first-order chi connectivity index (χ1) is 8.88. The minimum absolute atomic E-state index is 0.0692. The molecule has 1 saturated heterocycles. The Bertz CT molecular complexity index is 320. The highest BCUT2D eigenvalue weighted by Crippen LogP contribution is 2.13. The molecule has 1 aliphatic rings. The quantitative estimate of drug-likeness (QED) is 0.791. The summed E-state index contributed by atoms with van der Waals surface area (Å²) in [7, 11) is 0. The number of carboxylic acid groups (broad SMARTS) is 1. The number of nitrogens with one attached hydrogen (secondary N) is 1. The van der Waals surface area contributed by atoms with Crippen LogP contribution < -0.4 is 5.32 Å². The fourth-order valence-corrected chi connectivity index (χ4v) is 2.22. The number of ether oxygens (including phenoxy) is 1. The maximum atomic E-state index is 12.1. The summed E-state index contributed by atoms with van der Waals surface area (Å²) in [6, 6.07) is -0.227. The molecule has 19 heavy (non-hydrogen) atoms. The summed E-state index contributed by atoms with van der Waals surface area (Å²) in [6.45, 7) is 6.70. The number of carboxylic acids is 1. The summed E-state index contributed by atoms with van der Waals surface area (Å²) in [5, 5.41) is 11.8. The Morgan fingerprint density at radius 3 is 2.68 bits per heavy atom. The molecule has 0 saturated carbocycles. The molecular weight excluding hydrogens is 248 g/mol. The molecule has 0 radical (unpaired) electrons. The van der Waals surface area contributed by atoms with E-state index in [2.05, 4.69) is 5.32 Å². The monoisotopic (exact) mass is 272 g/mol. The standard InChI is InChI=1S/C13H24N2O4/c1-9(2)7-15(8-12(16)17)13(18)14-11-4-5-19-10(3)6-11/h9-11H,4-8H2,1-3H3,(H,14,18)(H,16,17). The fraction of sp³-hybridized carbons (Fsp3) is 0.846. The molecule has 110 valence electrons. The van der Waals surface area contributed by atoms with E-state index >= 15 is 0 Å². The van der Waals surface area contributed by atoms with Crippen molar-refractivity contribution in [1.82, 2.24) is 10.2 Å². The van der Waals surface area contributed by atoms with E-state index in [9.17, 15) is 9.59 Å². The number of hydrogen-bond acceptors (Lipinski definition) is 3. The lowest BCUT2D eigenvalue weighted by molar-refractivity contribution is -0.137. The molecule has 2 atom stereocenters. The van der Waals surface area contributed by atoms with Gasteiger partial charge in [0.15, 0.2) is 0 Å². The zero-order valence-electron chi connectivity index (χ0n) is 11.9. The van der Waals surface area contributed by atoms with Gasteiger partial charge in [-0.3, -0.25) is 4.79 Å². The molecule has 6 heteroatoms. The van der Waals surface area contributed by atoms with E-state index in [4.69, 9.17) is 9.84 Å². The normalized spacial score (nSPS) is 23.2. The first-order valence-electron chi connectivity index (χ1n) is 6.77. The van der Waals surface area contributed by atoms with Crippen LogP contribution in [0.3, 0.4) is 0 Å². The maximum absolute atomic E-state index is 12.1. The molecule has 1 aliphatic heterocycles. The van der Waals surface area contributed by atoms with Crippen molar-refractivity contribution in [3.8, 4) is 0 Å². The minimum atomic E-state index is -0.990. The number of rotatable bonds is 5. The zero-order valence-corrected chi connectivity index (χ0v) is 11.9. The van der Waals surface area contributed by atoms with Gasteiger partial charge in [-0.25, -0.2) is 4.79 Å². The number of nitrogens with zero attached hydrogens (tertiary/aromatic N) is 1. The third-order valence-corrected chi connectivity index (χ3v) is 3.01. The predicted octanol–water partition coefficient (Wildman–Crippen LogP) is 1.31. The molecule has 0 aliphatic carbocycles. The molecule has 0 spiro atoms. The summed E-state index contributed by atoms with van der Waals surface area (Å²) in [5.41, 5.74) is 0. The molecule has 0 bridgehead atoms. The molecule has 1 fully saturated rings. The van der Waals surface area contributed by atoms with E-state index in [1.807, 2.05) is 20.8 Å². The van der Waals surface area contributed by atoms with Crippen LogP contribution >= 0.6 is 0 Å². The zero-order chi connectivity index (χ0) is 14.4. The van der Waals surface area contributed by atoms with Gasteiger partial charge in [-0.2, -0.15) is 0 Å². The van der Waals surface area contributed by atoms with Crippen molar-refractivity contribution in [2.75, 3.05) is 19.7 Å². The Kier molecular flexibility index (Phi) is 6.08. The fourth-order valence-electron chi connectivity index (χ4n) is 2.22. The van der Waals surface area contributed by atoms with Crippen LogP contribution in [-0.2, 0) is 9.53 Å². The van der Waals surface area contributed by atoms with Crippen LogP contribution in [0.5, 0.6) is 0 Å². The summed E-state index contributed by atoms with van der Waals surface area (Å²) in [6.07, 6.45) is 1.68. The van der Waals surface area contributed by atoms with Gasteiger partial charge in [0.2, 0.25) is 0 Å². The van der Waals surface area contributed by atoms with E-state index in [0.29, 0.717) is 13.2 Å². The lowest BCUT2D eigenvalue weighted by atomic mass is 10.0. The first-order valence-corrected chi connectivity index (χ1v) is 6.77. The van der Waals surface area contributed by atoms with Crippen LogP contribution in [0, 0.1) is 5.92 Å². The van der Waals surface area contributed by atoms with Crippen molar-refractivity contribution in [3.63, 3.8) is 0 Å². The number of hydrogen-bond donors (Lipinski definition) is 2. The van der Waals surface area contributed by atoms with Gasteiger partial charge < -0.3 is 20.1 Å². The van der Waals surface area contributed by atoms with E-state index in [1.54, 1.807) is 0 Å². The van der Waals surface area contributed by atoms with Gasteiger partial charge in [0.1, 0.15) is 6.54 Å². The Hall–Kier alpha value is -1.30. The second-order valence-corrected chi connectivity index (χ2v) is 5.52. The molecule has 0 aromatic rings. The summed E-state index contributed by atoms with van der Waals surface area (Å²) in [4.78, 5) is 24.3. The second kappa shape index (κ2) is 7.33. The molecule has 1 heterocycles. The Labute approximate surface area is 114 Å². The second-order valence-electron chi connectivity index (χ2n) is 5.52. The SMILES string of the molecule is CC(C)CN(CC(=O)O)C(=O)NC1CCOC(C)C1. The van der Waals surface area contributed by atoms with Gasteiger partial charge in [0.05, 0.1) is 6.10 Å². The predicted molar refractivity (Wildman–Crippen MR) is 71.0 cm³/mol. The third-order valence-electron chi connectivity index (χ3n) is 3.01. The van der Waals surface area contributed by atoms with E-state index in [1.165, 1.54) is 4.90 Å². The van der Waals surface area contributed by atoms with Gasteiger partial charge in [-0.1, -0.05) is 13.8 Å². The number of carbonyl (C=O) groups excluding carboxylic acids is 1. The molecule has 2 N–H and O–H groups in total. The molecular formula is C13H24N2O4. The van der Waals surface area contributed by atoms with Crippen LogP contribution in [0.4, 0.5) is 4.79 Å². The third kappa shape index (κ3) is 5.92. The Morgan fingerprint density at radius 1 is 1.47 bits per heavy atom. The van der Waals surface area contributed by atoms with Crippen LogP contribution in [0.15, 0.2) is 0 Å². The summed E-state index contributed by atoms with van der Waals surface area (Å²) >= 11 is 0. The van der Waals surface area contributed by atoms with Crippen molar-refractivity contribution in [1.29, 1.82) is 0 Å². The smallest absolute Gasteiger partial charge is 0.323 e. The average Bonchev–Trinajstić information content (AvgIpc) is 2.26. The van der Waals surface area contributed by atoms with E-state index in [-0.39, 0.29) is 30.6 Å². The van der Waals surface area contributed by atoms with Crippen molar-refractivity contribution in [2.45, 2.75) is 45.8 Å². The molecule has 2 unspecified atom stereocenters. The number of amides is 2. The van der Waals surface area contributed by atoms with Crippen molar-refractivity contribution < 1.29 is 19.4 Å². The van der Waals surface area contributed by atoms with Crippen molar-refractivity contribution >= 4 is 12.0 Å². The van der Waals surface area contributed by atoms with Crippen LogP contribution in [0.1, 0.15) is 33.6 Å². The maximum Gasteiger partial charge on any atom is 0.323 e. The number of aliphatic carboxylic acids is 1. The molecule has 2 amide bonds. The average molecular weight is 272 g/mol. The summed E-state index contributed by atoms with van der Waals surface area (Å²) < 4.78 is 5.42. The topological polar surface area (TPSA) is 78.9 Å². The lowest BCUT2D eigenvalue weighted by Crippen LogP contribution is -2.50. The van der Waals surface area contributed by atoms with Crippen LogP contribution in [-0.4, -0.2) is 53.8 Å². The molecule has 0 aromatic carbocycles. The summed E-state index contributed by atoms with van der Waals surface area (Å²) in [5.74, 6) is -0.755. The Morgan fingerprint density at radius 2 is 2.16 bits per heavy atom. The van der Waals surface area contributed by atoms with Gasteiger partial charge in [0, 0.05) is 19.2 Å². The molecule has 1 rings (SSSR count). The van der Waals surface area contributed by atoms with Crippen LogP contribution in [0.2, 0.25) is 0 Å². The van der Waals surface area contributed by atoms with Crippen LogP contribution in [0.25, 0.3) is 0 Å². The van der Waals surface area contributed by atoms with Gasteiger partial charge >= 0.3 is 12.0 Å². The highest BCUT2D eigenvalue weighted by Gasteiger charge is 2.24. The van der Waals surface area contributed by atoms with Gasteiger partial charge in [0.25, 0.3) is 0 Å². The van der Waals surface area contributed by atoms with E-state index in [0.717, 1.165) is 12.8 Å². The molecule has 0 aromatic heterocycles. The molecule has 6 nitrogen and oxygen atoms in total. The van der Waals surface area contributed by atoms with E-state index < -0.39 is 5.97 Å².